The first-order valence-corrected chi connectivity index (χ1v) is 14.0. The van der Waals surface area contributed by atoms with Crippen molar-refractivity contribution in [1.29, 1.82) is 0 Å². The molecule has 3 aromatic carbocycles. The van der Waals surface area contributed by atoms with Gasteiger partial charge < -0.3 is 9.64 Å². The van der Waals surface area contributed by atoms with Gasteiger partial charge in [0.2, 0.25) is 15.9 Å². The van der Waals surface area contributed by atoms with Crippen LogP contribution >= 0.6 is 11.3 Å². The molecule has 1 aromatic heterocycles. The molecule has 0 aliphatic heterocycles. The van der Waals surface area contributed by atoms with E-state index >= 15 is 0 Å². The first-order chi connectivity index (χ1) is 17.4. The van der Waals surface area contributed by atoms with Crippen LogP contribution in [0.25, 0.3) is 10.8 Å². The summed E-state index contributed by atoms with van der Waals surface area (Å²) in [7, 11) is -2.41. The van der Waals surface area contributed by atoms with Gasteiger partial charge in [-0.15, -0.1) is 11.3 Å². The minimum Gasteiger partial charge on any atom is -0.383 e. The third-order valence-corrected chi connectivity index (χ3v) is 8.94. The first kappa shape index (κ1) is 26.0. The molecular formula is C28H30N2O4S2. The van der Waals surface area contributed by atoms with Crippen molar-refractivity contribution in [3.8, 4) is 0 Å². The van der Waals surface area contributed by atoms with E-state index in [0.717, 1.165) is 26.8 Å². The Balaban J connectivity index is 1.62. The number of carbonyl (C=O) groups excluding carboxylic acids is 1. The second-order valence-corrected chi connectivity index (χ2v) is 11.5. The lowest BCUT2D eigenvalue weighted by Gasteiger charge is -2.27. The minimum absolute atomic E-state index is 0.0780. The summed E-state index contributed by atoms with van der Waals surface area (Å²) in [5.41, 5.74) is 2.10. The highest BCUT2D eigenvalue weighted by Crippen LogP contribution is 2.23. The Morgan fingerprint density at radius 1 is 0.917 bits per heavy atom. The van der Waals surface area contributed by atoms with E-state index in [1.807, 2.05) is 73.0 Å². The zero-order valence-electron chi connectivity index (χ0n) is 20.5. The molecule has 0 fully saturated rings. The molecule has 188 valence electrons. The number of hydrogen-bond acceptors (Lipinski definition) is 5. The number of amides is 1. The van der Waals surface area contributed by atoms with Gasteiger partial charge >= 0.3 is 0 Å². The van der Waals surface area contributed by atoms with Gasteiger partial charge in [0.15, 0.2) is 0 Å². The predicted octanol–water partition coefficient (Wildman–Crippen LogP) is 5.08. The van der Waals surface area contributed by atoms with E-state index in [9.17, 15) is 13.2 Å². The van der Waals surface area contributed by atoms with Crippen LogP contribution in [-0.2, 0) is 32.6 Å². The highest BCUT2D eigenvalue weighted by Gasteiger charge is 2.29. The van der Waals surface area contributed by atoms with Crippen molar-refractivity contribution in [2.45, 2.75) is 24.9 Å². The smallest absolute Gasteiger partial charge is 0.243 e. The number of carbonyl (C=O) groups is 1. The second kappa shape index (κ2) is 11.8. The normalized spacial score (nSPS) is 11.8. The zero-order chi connectivity index (χ0) is 25.5. The largest absolute Gasteiger partial charge is 0.383 e. The number of ether oxygens (including phenoxy) is 1. The van der Waals surface area contributed by atoms with E-state index < -0.39 is 10.0 Å². The molecule has 0 saturated carbocycles. The summed E-state index contributed by atoms with van der Waals surface area (Å²) < 4.78 is 33.7. The van der Waals surface area contributed by atoms with E-state index in [1.54, 1.807) is 34.4 Å². The molecule has 0 aliphatic rings. The summed E-state index contributed by atoms with van der Waals surface area (Å²) in [4.78, 5) is 16.6. The molecule has 8 heteroatoms. The molecule has 0 aliphatic carbocycles. The van der Waals surface area contributed by atoms with Gasteiger partial charge in [0, 0.05) is 25.1 Å². The van der Waals surface area contributed by atoms with Crippen molar-refractivity contribution in [2.24, 2.45) is 0 Å². The van der Waals surface area contributed by atoms with Gasteiger partial charge in [-0.3, -0.25) is 4.79 Å². The van der Waals surface area contributed by atoms with Gasteiger partial charge in [0.05, 0.1) is 24.6 Å². The summed E-state index contributed by atoms with van der Waals surface area (Å²) >= 11 is 1.60. The van der Waals surface area contributed by atoms with E-state index in [1.165, 1.54) is 11.4 Å². The number of nitrogens with zero attached hydrogens (tertiary/aromatic N) is 2. The molecule has 0 unspecified atom stereocenters. The van der Waals surface area contributed by atoms with Gasteiger partial charge in [-0.2, -0.15) is 4.31 Å². The van der Waals surface area contributed by atoms with E-state index in [0.29, 0.717) is 13.1 Å². The number of thiophene rings is 1. The maximum atomic E-state index is 13.7. The summed E-state index contributed by atoms with van der Waals surface area (Å²) in [6, 6.07) is 24.4. The summed E-state index contributed by atoms with van der Waals surface area (Å²) in [5.74, 6) is -0.257. The number of rotatable bonds is 11. The number of hydrogen-bond donors (Lipinski definition) is 0. The monoisotopic (exact) mass is 522 g/mol. The summed E-state index contributed by atoms with van der Waals surface area (Å²) in [6.07, 6.45) is 0. The summed E-state index contributed by atoms with van der Waals surface area (Å²) in [6.45, 7) is 2.83. The number of benzene rings is 3. The highest BCUT2D eigenvalue weighted by molar-refractivity contribution is 7.89. The number of methoxy groups -OCH3 is 1. The molecule has 0 radical (unpaired) electrons. The second-order valence-electron chi connectivity index (χ2n) is 8.60. The lowest BCUT2D eigenvalue weighted by molar-refractivity contribution is -0.132. The van der Waals surface area contributed by atoms with Crippen molar-refractivity contribution >= 4 is 38.0 Å². The Kier molecular flexibility index (Phi) is 8.53. The average Bonchev–Trinajstić information content (AvgIpc) is 3.30. The molecule has 4 aromatic rings. The van der Waals surface area contributed by atoms with Gasteiger partial charge in [-0.1, -0.05) is 60.7 Å². The van der Waals surface area contributed by atoms with Crippen LogP contribution in [0.4, 0.5) is 0 Å². The fraction of sp³-hybridized carbons (Fsp3) is 0.250. The molecule has 0 bridgehead atoms. The fourth-order valence-corrected chi connectivity index (χ4v) is 6.31. The first-order valence-electron chi connectivity index (χ1n) is 11.7. The minimum atomic E-state index is -3.93. The lowest BCUT2D eigenvalue weighted by atomic mass is 10.1. The third-order valence-electron chi connectivity index (χ3n) is 6.09. The van der Waals surface area contributed by atoms with Gasteiger partial charge in [-0.25, -0.2) is 8.42 Å². The maximum Gasteiger partial charge on any atom is 0.243 e. The summed E-state index contributed by atoms with van der Waals surface area (Å²) in [5, 5.41) is 3.79. The Labute approximate surface area is 216 Å². The third kappa shape index (κ3) is 6.20. The molecule has 6 nitrogen and oxygen atoms in total. The molecule has 0 atom stereocenters. The van der Waals surface area contributed by atoms with E-state index in [4.69, 9.17) is 4.74 Å². The molecule has 0 spiro atoms. The van der Waals surface area contributed by atoms with E-state index in [-0.39, 0.29) is 30.5 Å². The van der Waals surface area contributed by atoms with Crippen LogP contribution in [0.3, 0.4) is 0 Å². The molecular weight excluding hydrogens is 492 g/mol. The Hall–Kier alpha value is -3.04. The molecule has 36 heavy (non-hydrogen) atoms. The van der Waals surface area contributed by atoms with Crippen LogP contribution in [0.1, 0.15) is 16.0 Å². The number of aryl methyl sites for hydroxylation is 1. The van der Waals surface area contributed by atoms with Crippen LogP contribution in [0.2, 0.25) is 0 Å². The molecule has 0 N–H and O–H groups in total. The van der Waals surface area contributed by atoms with Crippen LogP contribution in [0.15, 0.2) is 89.1 Å². The van der Waals surface area contributed by atoms with Crippen molar-refractivity contribution in [3.05, 3.63) is 100 Å². The SMILES string of the molecule is COCCN(CC(=O)N(Cc1ccccc1)Cc1sccc1C)S(=O)(=O)c1ccc2ccccc2c1. The number of sulfonamides is 1. The van der Waals surface area contributed by atoms with Gasteiger partial charge in [-0.05, 0) is 52.4 Å². The average molecular weight is 523 g/mol. The molecule has 0 saturated heterocycles. The number of fused-ring (bicyclic) bond motifs is 1. The van der Waals surface area contributed by atoms with Crippen molar-refractivity contribution < 1.29 is 17.9 Å². The topological polar surface area (TPSA) is 66.9 Å². The van der Waals surface area contributed by atoms with Gasteiger partial charge in [0.25, 0.3) is 0 Å². The van der Waals surface area contributed by atoms with E-state index in [2.05, 4.69) is 0 Å². The predicted molar refractivity (Wildman–Crippen MR) is 144 cm³/mol. The van der Waals surface area contributed by atoms with Crippen molar-refractivity contribution in [2.75, 3.05) is 26.8 Å². The molecule has 4 rings (SSSR count). The molecule has 1 amide bonds. The van der Waals surface area contributed by atoms with Crippen LogP contribution in [-0.4, -0.2) is 50.3 Å². The Morgan fingerprint density at radius 2 is 1.64 bits per heavy atom. The molecule has 1 heterocycles. The van der Waals surface area contributed by atoms with Crippen LogP contribution < -0.4 is 0 Å². The fourth-order valence-electron chi connectivity index (χ4n) is 3.98. The highest BCUT2D eigenvalue weighted by atomic mass is 32.2. The van der Waals surface area contributed by atoms with Crippen molar-refractivity contribution in [3.63, 3.8) is 0 Å². The quantitative estimate of drug-likeness (QED) is 0.276. The maximum absolute atomic E-state index is 13.7. The standard InChI is InChI=1S/C28H30N2O4S2/c1-22-14-17-35-27(22)20-29(19-23-8-4-3-5-9-23)28(31)21-30(15-16-34-2)36(32,33)26-13-12-24-10-6-7-11-25(24)18-26/h3-14,17-18H,15-16,19-21H2,1-2H3. The van der Waals surface area contributed by atoms with Gasteiger partial charge in [0.1, 0.15) is 0 Å². The van der Waals surface area contributed by atoms with Crippen molar-refractivity contribution in [1.82, 2.24) is 9.21 Å². The Bertz CT molecular complexity index is 1420. The lowest BCUT2D eigenvalue weighted by Crippen LogP contribution is -2.43. The Morgan fingerprint density at radius 3 is 2.33 bits per heavy atom. The van der Waals surface area contributed by atoms with Crippen LogP contribution in [0.5, 0.6) is 0 Å². The zero-order valence-corrected chi connectivity index (χ0v) is 22.1. The van der Waals surface area contributed by atoms with Crippen LogP contribution in [0, 0.1) is 6.92 Å².